The molecule has 1 aliphatic heterocycles. The molecule has 1 rings (SSSR count). The summed E-state index contributed by atoms with van der Waals surface area (Å²) < 4.78 is 24.5. The van der Waals surface area contributed by atoms with Crippen LogP contribution < -0.4 is 0 Å². The van der Waals surface area contributed by atoms with Gasteiger partial charge in [0.25, 0.3) is 6.08 Å². The smallest absolute Gasteiger partial charge is 0.269 e. The lowest BCUT2D eigenvalue weighted by atomic mass is 9.92. The minimum absolute atomic E-state index is 0.129. The molecular weight excluding hydrogens is 200 g/mol. The summed E-state index contributed by atoms with van der Waals surface area (Å²) in [6, 6.07) is 0. The third-order valence-corrected chi connectivity index (χ3v) is 2.81. The molecule has 1 aliphatic rings. The molecule has 1 heterocycles. The largest absolute Gasteiger partial charge is 0.396 e. The standard InChI is InChI=1S/C11H19F2NO/c1-11(2,8-15)7-14-5-3-9(4-6-14)10(12)13/h15H,3-8H2,1-2H3. The number of nitrogens with zero attached hydrogens (tertiary/aromatic N) is 1. The molecule has 0 saturated carbocycles. The molecule has 1 N–H and O–H groups in total. The molecule has 0 aromatic carbocycles. The molecule has 1 fully saturated rings. The molecule has 0 unspecified atom stereocenters. The first-order valence-electron chi connectivity index (χ1n) is 5.31. The lowest BCUT2D eigenvalue weighted by Gasteiger charge is -2.34. The second kappa shape index (κ2) is 5.03. The fourth-order valence-electron chi connectivity index (χ4n) is 1.83. The van der Waals surface area contributed by atoms with Gasteiger partial charge in [0.05, 0.1) is 0 Å². The van der Waals surface area contributed by atoms with Crippen molar-refractivity contribution in [3.63, 3.8) is 0 Å². The summed E-state index contributed by atoms with van der Waals surface area (Å²) in [5, 5.41) is 9.11. The van der Waals surface area contributed by atoms with E-state index in [4.69, 9.17) is 5.11 Å². The lowest BCUT2D eigenvalue weighted by Crippen LogP contribution is -2.39. The number of hydrogen-bond donors (Lipinski definition) is 1. The van der Waals surface area contributed by atoms with Gasteiger partial charge in [0.1, 0.15) is 0 Å². The van der Waals surface area contributed by atoms with Gasteiger partial charge in [0, 0.05) is 31.7 Å². The van der Waals surface area contributed by atoms with Crippen molar-refractivity contribution in [3.05, 3.63) is 11.7 Å². The third-order valence-electron chi connectivity index (χ3n) is 2.81. The van der Waals surface area contributed by atoms with Gasteiger partial charge in [0.2, 0.25) is 0 Å². The van der Waals surface area contributed by atoms with Crippen molar-refractivity contribution in [1.82, 2.24) is 4.90 Å². The maximum Gasteiger partial charge on any atom is 0.269 e. The van der Waals surface area contributed by atoms with Crippen LogP contribution in [0.25, 0.3) is 0 Å². The third kappa shape index (κ3) is 3.87. The second-order valence-corrected chi connectivity index (χ2v) is 4.96. The SMILES string of the molecule is CC(C)(CO)CN1CCC(=C(F)F)CC1. The number of aliphatic hydroxyl groups is 1. The highest BCUT2D eigenvalue weighted by atomic mass is 19.3. The summed E-state index contributed by atoms with van der Waals surface area (Å²) in [5.41, 5.74) is 0.156. The molecule has 0 amide bonds. The summed E-state index contributed by atoms with van der Waals surface area (Å²) in [4.78, 5) is 2.14. The highest BCUT2D eigenvalue weighted by Crippen LogP contribution is 2.24. The fraction of sp³-hybridized carbons (Fsp3) is 0.818. The zero-order chi connectivity index (χ0) is 11.5. The second-order valence-electron chi connectivity index (χ2n) is 4.96. The topological polar surface area (TPSA) is 23.5 Å². The van der Waals surface area contributed by atoms with Gasteiger partial charge in [-0.05, 0) is 18.4 Å². The molecule has 0 aliphatic carbocycles. The van der Waals surface area contributed by atoms with E-state index in [1.807, 2.05) is 13.8 Å². The molecule has 0 spiro atoms. The first kappa shape index (κ1) is 12.6. The van der Waals surface area contributed by atoms with Crippen LogP contribution in [0.15, 0.2) is 11.7 Å². The van der Waals surface area contributed by atoms with Crippen LogP contribution >= 0.6 is 0 Å². The Morgan fingerprint density at radius 3 is 2.27 bits per heavy atom. The first-order valence-corrected chi connectivity index (χ1v) is 5.31. The average Bonchev–Trinajstić information content (AvgIpc) is 2.18. The number of aliphatic hydroxyl groups excluding tert-OH is 1. The van der Waals surface area contributed by atoms with E-state index < -0.39 is 6.08 Å². The minimum atomic E-state index is -1.50. The molecule has 4 heteroatoms. The first-order chi connectivity index (χ1) is 6.94. The van der Waals surface area contributed by atoms with E-state index in [2.05, 4.69) is 4.90 Å². The molecule has 0 radical (unpaired) electrons. The molecule has 0 bridgehead atoms. The van der Waals surface area contributed by atoms with Crippen molar-refractivity contribution >= 4 is 0 Å². The predicted molar refractivity (Wildman–Crippen MR) is 55.8 cm³/mol. The normalized spacial score (nSPS) is 19.4. The number of halogens is 2. The Hall–Kier alpha value is -0.480. The van der Waals surface area contributed by atoms with Gasteiger partial charge in [-0.1, -0.05) is 13.8 Å². The van der Waals surface area contributed by atoms with Crippen molar-refractivity contribution in [1.29, 1.82) is 0 Å². The van der Waals surface area contributed by atoms with E-state index in [0.717, 1.165) is 6.54 Å². The summed E-state index contributed by atoms with van der Waals surface area (Å²) in [6.45, 7) is 6.21. The van der Waals surface area contributed by atoms with Crippen LogP contribution in [0.3, 0.4) is 0 Å². The Bertz CT molecular complexity index is 237. The Morgan fingerprint density at radius 1 is 1.33 bits per heavy atom. The van der Waals surface area contributed by atoms with Crippen LogP contribution in [-0.2, 0) is 0 Å². The average molecular weight is 219 g/mol. The lowest BCUT2D eigenvalue weighted by molar-refractivity contribution is 0.0977. The molecule has 1 saturated heterocycles. The van der Waals surface area contributed by atoms with Crippen LogP contribution in [0.5, 0.6) is 0 Å². The number of likely N-dealkylation sites (tertiary alicyclic amines) is 1. The highest BCUT2D eigenvalue weighted by Gasteiger charge is 2.24. The van der Waals surface area contributed by atoms with E-state index in [-0.39, 0.29) is 12.0 Å². The van der Waals surface area contributed by atoms with E-state index >= 15 is 0 Å². The van der Waals surface area contributed by atoms with Gasteiger partial charge < -0.3 is 10.0 Å². The monoisotopic (exact) mass is 219 g/mol. The van der Waals surface area contributed by atoms with Gasteiger partial charge in [-0.3, -0.25) is 0 Å². The zero-order valence-corrected chi connectivity index (χ0v) is 9.39. The van der Waals surface area contributed by atoms with E-state index in [0.29, 0.717) is 31.5 Å². The quantitative estimate of drug-likeness (QED) is 0.787. The molecular formula is C11H19F2NO. The van der Waals surface area contributed by atoms with E-state index in [9.17, 15) is 8.78 Å². The summed E-state index contributed by atoms with van der Waals surface area (Å²) >= 11 is 0. The van der Waals surface area contributed by atoms with Gasteiger partial charge in [-0.15, -0.1) is 0 Å². The minimum Gasteiger partial charge on any atom is -0.396 e. The number of rotatable bonds is 3. The number of hydrogen-bond acceptors (Lipinski definition) is 2. The van der Waals surface area contributed by atoms with Crippen molar-refractivity contribution in [2.45, 2.75) is 26.7 Å². The Labute approximate surface area is 89.6 Å². The predicted octanol–water partition coefficient (Wildman–Crippen LogP) is 2.25. The molecule has 15 heavy (non-hydrogen) atoms. The maximum atomic E-state index is 12.3. The molecule has 88 valence electrons. The van der Waals surface area contributed by atoms with E-state index in [1.54, 1.807) is 0 Å². The molecule has 0 aromatic rings. The van der Waals surface area contributed by atoms with Crippen LogP contribution in [0, 0.1) is 5.41 Å². The van der Waals surface area contributed by atoms with Crippen LogP contribution in [0.1, 0.15) is 26.7 Å². The Balaban J connectivity index is 2.42. The van der Waals surface area contributed by atoms with Gasteiger partial charge in [-0.25, -0.2) is 0 Å². The highest BCUT2D eigenvalue weighted by molar-refractivity contribution is 5.06. The Morgan fingerprint density at radius 2 is 1.87 bits per heavy atom. The number of piperidine rings is 1. The fourth-order valence-corrected chi connectivity index (χ4v) is 1.83. The van der Waals surface area contributed by atoms with Crippen LogP contribution in [-0.4, -0.2) is 36.2 Å². The van der Waals surface area contributed by atoms with Gasteiger partial charge >= 0.3 is 0 Å². The van der Waals surface area contributed by atoms with Crippen molar-refractivity contribution in [3.8, 4) is 0 Å². The molecule has 2 nitrogen and oxygen atoms in total. The molecule has 0 aromatic heterocycles. The van der Waals surface area contributed by atoms with Crippen LogP contribution in [0.2, 0.25) is 0 Å². The molecule has 0 atom stereocenters. The van der Waals surface area contributed by atoms with Crippen LogP contribution in [0.4, 0.5) is 8.78 Å². The van der Waals surface area contributed by atoms with Gasteiger partial charge in [0.15, 0.2) is 0 Å². The van der Waals surface area contributed by atoms with Crippen molar-refractivity contribution < 1.29 is 13.9 Å². The zero-order valence-electron chi connectivity index (χ0n) is 9.39. The summed E-state index contributed by atoms with van der Waals surface area (Å²) in [5.74, 6) is 0. The Kier molecular flexibility index (Phi) is 4.22. The van der Waals surface area contributed by atoms with Crippen molar-refractivity contribution in [2.24, 2.45) is 5.41 Å². The van der Waals surface area contributed by atoms with Crippen molar-refractivity contribution in [2.75, 3.05) is 26.2 Å². The maximum absolute atomic E-state index is 12.3. The summed E-state index contributed by atoms with van der Waals surface area (Å²) in [6.07, 6.45) is -0.579. The van der Waals surface area contributed by atoms with Gasteiger partial charge in [-0.2, -0.15) is 8.78 Å². The van der Waals surface area contributed by atoms with E-state index in [1.165, 1.54) is 0 Å². The summed E-state index contributed by atoms with van der Waals surface area (Å²) in [7, 11) is 0.